The highest BCUT2D eigenvalue weighted by Gasteiger charge is 2.30. The SMILES string of the molecule is N#CN(C(=N)OCC(F)(F)F)c1cc(NC(=O)c2sccc2NCc2ccnc3ccccc23)ccc1Cl. The Bertz CT molecular complexity index is 1530. The number of nitrogens with zero attached hydrogens (tertiary/aromatic N) is 3. The molecule has 0 aliphatic carbocycles. The first-order valence-electron chi connectivity index (χ1n) is 10.9. The Labute approximate surface area is 223 Å². The predicted octanol–water partition coefficient (Wildman–Crippen LogP) is 6.62. The third-order valence-corrected chi connectivity index (χ3v) is 6.43. The van der Waals surface area contributed by atoms with E-state index in [1.807, 2.05) is 30.3 Å². The average Bonchev–Trinajstić information content (AvgIpc) is 3.37. The minimum Gasteiger partial charge on any atom is -0.455 e. The number of ether oxygens (including phenoxy) is 1. The number of thiophene rings is 1. The third kappa shape index (κ3) is 6.31. The quantitative estimate of drug-likeness (QED) is 0.102. The molecular formula is C25H18ClF3N6O2S. The number of benzene rings is 2. The van der Waals surface area contributed by atoms with Gasteiger partial charge in [-0.1, -0.05) is 29.8 Å². The Morgan fingerprint density at radius 2 is 2.00 bits per heavy atom. The van der Waals surface area contributed by atoms with Crippen molar-refractivity contribution in [3.63, 3.8) is 0 Å². The molecule has 2 aromatic carbocycles. The molecule has 38 heavy (non-hydrogen) atoms. The van der Waals surface area contributed by atoms with Crippen LogP contribution in [0.25, 0.3) is 10.9 Å². The molecule has 13 heteroatoms. The van der Waals surface area contributed by atoms with E-state index in [2.05, 4.69) is 20.4 Å². The highest BCUT2D eigenvalue weighted by molar-refractivity contribution is 7.12. The minimum atomic E-state index is -4.69. The topological polar surface area (TPSA) is 114 Å². The molecule has 0 aliphatic heterocycles. The molecule has 2 aromatic heterocycles. The van der Waals surface area contributed by atoms with E-state index in [0.29, 0.717) is 22.0 Å². The van der Waals surface area contributed by atoms with Gasteiger partial charge in [-0.25, -0.2) is 0 Å². The number of aromatic nitrogens is 1. The van der Waals surface area contributed by atoms with Gasteiger partial charge < -0.3 is 15.4 Å². The highest BCUT2D eigenvalue weighted by Crippen LogP contribution is 2.31. The summed E-state index contributed by atoms with van der Waals surface area (Å²) in [6, 6.07) is 14.4. The molecule has 0 atom stereocenters. The molecular weight excluding hydrogens is 541 g/mol. The summed E-state index contributed by atoms with van der Waals surface area (Å²) in [5, 5.41) is 25.8. The molecule has 8 nitrogen and oxygen atoms in total. The summed E-state index contributed by atoms with van der Waals surface area (Å²) in [4.78, 5) is 18.3. The van der Waals surface area contributed by atoms with Crippen molar-refractivity contribution >= 4 is 62.8 Å². The standard InChI is InChI=1S/C25H18ClF3N6O2S/c26-18-6-5-16(11-21(18)35(14-30)24(31)37-13-25(27,28)29)34-23(36)22-20(8-10-38-22)33-12-15-7-9-32-19-4-2-1-3-17(15)19/h1-11,31,33H,12-13H2,(H,34,36). The fourth-order valence-corrected chi connectivity index (χ4v) is 4.46. The Morgan fingerprint density at radius 1 is 1.21 bits per heavy atom. The summed E-state index contributed by atoms with van der Waals surface area (Å²) in [6.07, 6.45) is -1.41. The van der Waals surface area contributed by atoms with Crippen LogP contribution in [0.1, 0.15) is 15.2 Å². The van der Waals surface area contributed by atoms with Crippen molar-refractivity contribution in [1.29, 1.82) is 10.7 Å². The van der Waals surface area contributed by atoms with Crippen LogP contribution in [-0.4, -0.2) is 29.7 Å². The molecule has 1 amide bonds. The molecule has 4 aromatic rings. The molecule has 0 unspecified atom stereocenters. The van der Waals surface area contributed by atoms with Gasteiger partial charge in [0.25, 0.3) is 5.91 Å². The van der Waals surface area contributed by atoms with Gasteiger partial charge in [-0.2, -0.15) is 23.3 Å². The van der Waals surface area contributed by atoms with Gasteiger partial charge in [0.05, 0.1) is 21.9 Å². The lowest BCUT2D eigenvalue weighted by atomic mass is 10.1. The first kappa shape index (κ1) is 26.7. The van der Waals surface area contributed by atoms with Crippen LogP contribution in [0.3, 0.4) is 0 Å². The molecule has 3 N–H and O–H groups in total. The number of nitriles is 1. The van der Waals surface area contributed by atoms with Crippen LogP contribution in [0.15, 0.2) is 66.2 Å². The number of amidine groups is 1. The number of pyridine rings is 1. The molecule has 0 bridgehead atoms. The lowest BCUT2D eigenvalue weighted by molar-refractivity contribution is -0.156. The lowest BCUT2D eigenvalue weighted by Crippen LogP contribution is -2.31. The number of para-hydroxylation sites is 1. The summed E-state index contributed by atoms with van der Waals surface area (Å²) < 4.78 is 41.7. The second-order valence-electron chi connectivity index (χ2n) is 7.77. The zero-order chi connectivity index (χ0) is 27.3. The Hall–Kier alpha value is -4.34. The van der Waals surface area contributed by atoms with Crippen molar-refractivity contribution in [2.75, 3.05) is 22.1 Å². The molecule has 0 saturated carbocycles. The number of anilines is 3. The summed E-state index contributed by atoms with van der Waals surface area (Å²) in [6.45, 7) is -1.30. The van der Waals surface area contributed by atoms with Crippen molar-refractivity contribution in [2.45, 2.75) is 12.7 Å². The largest absolute Gasteiger partial charge is 0.455 e. The van der Waals surface area contributed by atoms with Gasteiger partial charge >= 0.3 is 12.2 Å². The van der Waals surface area contributed by atoms with Crippen molar-refractivity contribution < 1.29 is 22.7 Å². The number of fused-ring (bicyclic) bond motifs is 1. The molecule has 0 radical (unpaired) electrons. The van der Waals surface area contributed by atoms with Gasteiger partial charge in [-0.15, -0.1) is 11.3 Å². The molecule has 2 heterocycles. The molecule has 4 rings (SSSR count). The first-order valence-corrected chi connectivity index (χ1v) is 12.1. The maximum absolute atomic E-state index is 13.0. The van der Waals surface area contributed by atoms with Crippen LogP contribution in [0.4, 0.5) is 30.2 Å². The zero-order valence-electron chi connectivity index (χ0n) is 19.3. The van der Waals surface area contributed by atoms with E-state index in [9.17, 15) is 23.2 Å². The van der Waals surface area contributed by atoms with Gasteiger partial charge in [0.2, 0.25) is 0 Å². The van der Waals surface area contributed by atoms with E-state index >= 15 is 0 Å². The minimum absolute atomic E-state index is 0.0343. The van der Waals surface area contributed by atoms with Crippen LogP contribution in [0, 0.1) is 16.9 Å². The van der Waals surface area contributed by atoms with Crippen molar-refractivity contribution in [1.82, 2.24) is 4.98 Å². The third-order valence-electron chi connectivity index (χ3n) is 5.20. The maximum atomic E-state index is 13.0. The van der Waals surface area contributed by atoms with E-state index < -0.39 is 24.7 Å². The number of hydrogen-bond donors (Lipinski definition) is 3. The Kier molecular flexibility index (Phi) is 7.99. The monoisotopic (exact) mass is 558 g/mol. The van der Waals surface area contributed by atoms with Crippen molar-refractivity contribution in [2.24, 2.45) is 0 Å². The molecule has 0 spiro atoms. The number of carbonyl (C=O) groups excluding carboxylic acids is 1. The number of carbonyl (C=O) groups is 1. The molecule has 0 saturated heterocycles. The average molecular weight is 559 g/mol. The van der Waals surface area contributed by atoms with Gasteiger partial charge in [0, 0.05) is 23.8 Å². The number of amides is 1. The number of halogens is 4. The highest BCUT2D eigenvalue weighted by atomic mass is 35.5. The van der Waals surface area contributed by atoms with E-state index in [0.717, 1.165) is 16.5 Å². The van der Waals surface area contributed by atoms with Crippen molar-refractivity contribution in [3.05, 3.63) is 81.6 Å². The van der Waals surface area contributed by atoms with Gasteiger partial charge in [0.1, 0.15) is 4.88 Å². The summed E-state index contributed by atoms with van der Waals surface area (Å²) in [5.74, 6) is -0.456. The van der Waals surface area contributed by atoms with Crippen LogP contribution < -0.4 is 15.5 Å². The summed E-state index contributed by atoms with van der Waals surface area (Å²) in [5.41, 5.74) is 2.54. The molecule has 0 fully saturated rings. The van der Waals surface area contributed by atoms with E-state index in [1.54, 1.807) is 23.8 Å². The second-order valence-corrected chi connectivity index (χ2v) is 9.09. The lowest BCUT2D eigenvalue weighted by Gasteiger charge is -2.19. The van der Waals surface area contributed by atoms with Gasteiger partial charge in [-0.3, -0.25) is 15.2 Å². The summed E-state index contributed by atoms with van der Waals surface area (Å²) in [7, 11) is 0. The van der Waals surface area contributed by atoms with Crippen LogP contribution in [0.5, 0.6) is 0 Å². The van der Waals surface area contributed by atoms with E-state index in [4.69, 9.17) is 17.0 Å². The van der Waals surface area contributed by atoms with Crippen LogP contribution >= 0.6 is 22.9 Å². The summed E-state index contributed by atoms with van der Waals surface area (Å²) >= 11 is 7.33. The van der Waals surface area contributed by atoms with Crippen LogP contribution in [-0.2, 0) is 11.3 Å². The smallest absolute Gasteiger partial charge is 0.422 e. The number of hydrogen-bond acceptors (Lipinski definition) is 7. The Morgan fingerprint density at radius 3 is 2.76 bits per heavy atom. The zero-order valence-corrected chi connectivity index (χ0v) is 20.9. The molecule has 0 aliphatic rings. The van der Waals surface area contributed by atoms with E-state index in [-0.39, 0.29) is 16.4 Å². The fraction of sp³-hybridized carbons (Fsp3) is 0.120. The second kappa shape index (κ2) is 11.4. The number of nitrogens with one attached hydrogen (secondary N) is 3. The maximum Gasteiger partial charge on any atom is 0.422 e. The first-order chi connectivity index (χ1) is 18.2. The van der Waals surface area contributed by atoms with Crippen LogP contribution in [0.2, 0.25) is 5.02 Å². The van der Waals surface area contributed by atoms with Gasteiger partial charge in [-0.05, 0) is 47.3 Å². The fourth-order valence-electron chi connectivity index (χ4n) is 3.50. The van der Waals surface area contributed by atoms with E-state index in [1.165, 1.54) is 29.5 Å². The Balaban J connectivity index is 1.48. The van der Waals surface area contributed by atoms with Crippen molar-refractivity contribution in [3.8, 4) is 6.19 Å². The number of rotatable bonds is 7. The van der Waals surface area contributed by atoms with Gasteiger partial charge in [0.15, 0.2) is 12.8 Å². The number of alkyl halides is 3. The predicted molar refractivity (Wildman–Crippen MR) is 141 cm³/mol. The molecule has 194 valence electrons. The normalized spacial score (nSPS) is 11.0.